The van der Waals surface area contributed by atoms with Crippen LogP contribution in [-0.4, -0.2) is 17.9 Å². The lowest BCUT2D eigenvalue weighted by Gasteiger charge is -2.06. The Bertz CT molecular complexity index is 1140. The van der Waals surface area contributed by atoms with Crippen molar-refractivity contribution in [2.45, 2.75) is 0 Å². The summed E-state index contributed by atoms with van der Waals surface area (Å²) in [6.45, 7) is 0. The number of nitro groups is 1. The topological polar surface area (TPSA) is 105 Å². The average molecular weight is 405 g/mol. The van der Waals surface area contributed by atoms with Crippen LogP contribution in [0.15, 0.2) is 66.2 Å². The number of nitriles is 1. The number of nitro benzene ring substituents is 1. The molecule has 2 aromatic carbocycles. The van der Waals surface area contributed by atoms with Gasteiger partial charge in [0.25, 0.3) is 11.6 Å². The van der Waals surface area contributed by atoms with Crippen LogP contribution in [0, 0.1) is 21.4 Å². The van der Waals surface area contributed by atoms with Gasteiger partial charge in [0, 0.05) is 27.6 Å². The molecule has 1 heterocycles. The van der Waals surface area contributed by atoms with Crippen LogP contribution in [0.3, 0.4) is 0 Å². The van der Waals surface area contributed by atoms with Gasteiger partial charge in [-0.25, -0.2) is 0 Å². The van der Waals surface area contributed by atoms with E-state index in [0.717, 1.165) is 0 Å². The third kappa shape index (κ3) is 4.66. The largest absolute Gasteiger partial charge is 0.497 e. The van der Waals surface area contributed by atoms with Gasteiger partial charge < -0.3 is 10.1 Å². The molecule has 3 rings (SSSR count). The summed E-state index contributed by atoms with van der Waals surface area (Å²) in [7, 11) is 1.52. The van der Waals surface area contributed by atoms with E-state index in [0.29, 0.717) is 26.8 Å². The molecule has 0 aliphatic heterocycles. The second kappa shape index (κ2) is 8.82. The molecule has 0 atom stereocenters. The highest BCUT2D eigenvalue weighted by Crippen LogP contribution is 2.35. The molecule has 7 nitrogen and oxygen atoms in total. The first-order valence-corrected chi connectivity index (χ1v) is 9.24. The Labute approximate surface area is 170 Å². The van der Waals surface area contributed by atoms with Crippen LogP contribution in [0.25, 0.3) is 16.5 Å². The minimum atomic E-state index is -0.554. The Morgan fingerprint density at radius 1 is 1.21 bits per heavy atom. The molecule has 0 saturated carbocycles. The smallest absolute Gasteiger partial charge is 0.278 e. The first kappa shape index (κ1) is 19.8. The number of rotatable bonds is 6. The molecule has 0 aliphatic carbocycles. The molecule has 0 aliphatic rings. The molecule has 0 unspecified atom stereocenters. The van der Waals surface area contributed by atoms with Crippen molar-refractivity contribution in [1.29, 1.82) is 5.26 Å². The predicted molar refractivity (Wildman–Crippen MR) is 112 cm³/mol. The third-order valence-corrected chi connectivity index (χ3v) is 5.04. The fourth-order valence-electron chi connectivity index (χ4n) is 2.61. The van der Waals surface area contributed by atoms with E-state index in [1.54, 1.807) is 54.6 Å². The molecule has 0 bridgehead atoms. The SMILES string of the molecule is COc1cccc(NC(=O)/C(C#N)=C/c2ccc(-c3ccccc3[N+](=O)[O-])s2)c1. The molecular weight excluding hydrogens is 390 g/mol. The Morgan fingerprint density at radius 3 is 2.72 bits per heavy atom. The molecule has 0 spiro atoms. The Morgan fingerprint density at radius 2 is 2.00 bits per heavy atom. The highest BCUT2D eigenvalue weighted by atomic mass is 32.1. The van der Waals surface area contributed by atoms with Crippen molar-refractivity contribution in [2.24, 2.45) is 0 Å². The monoisotopic (exact) mass is 405 g/mol. The lowest BCUT2D eigenvalue weighted by molar-refractivity contribution is -0.384. The van der Waals surface area contributed by atoms with Gasteiger partial charge in [-0.1, -0.05) is 18.2 Å². The number of para-hydroxylation sites is 1. The summed E-state index contributed by atoms with van der Waals surface area (Å²) >= 11 is 1.26. The molecule has 144 valence electrons. The van der Waals surface area contributed by atoms with Gasteiger partial charge in [0.1, 0.15) is 17.4 Å². The molecule has 8 heteroatoms. The molecule has 0 radical (unpaired) electrons. The normalized spacial score (nSPS) is 10.8. The van der Waals surface area contributed by atoms with Crippen molar-refractivity contribution in [1.82, 2.24) is 0 Å². The third-order valence-electron chi connectivity index (χ3n) is 3.97. The second-order valence-corrected chi connectivity index (χ2v) is 6.95. The number of ether oxygens (including phenoxy) is 1. The number of thiophene rings is 1. The maximum Gasteiger partial charge on any atom is 0.278 e. The van der Waals surface area contributed by atoms with E-state index in [1.165, 1.54) is 30.6 Å². The van der Waals surface area contributed by atoms with Crippen molar-refractivity contribution in [3.8, 4) is 22.3 Å². The number of nitrogens with one attached hydrogen (secondary N) is 1. The minimum absolute atomic E-state index is 0.00107. The van der Waals surface area contributed by atoms with E-state index in [1.807, 2.05) is 6.07 Å². The van der Waals surface area contributed by atoms with Crippen molar-refractivity contribution >= 4 is 34.7 Å². The number of hydrogen-bond donors (Lipinski definition) is 1. The first-order chi connectivity index (χ1) is 14.0. The second-order valence-electron chi connectivity index (χ2n) is 5.83. The van der Waals surface area contributed by atoms with E-state index in [-0.39, 0.29) is 11.3 Å². The predicted octanol–water partition coefficient (Wildman–Crippen LogP) is 4.88. The van der Waals surface area contributed by atoms with Crippen molar-refractivity contribution in [3.63, 3.8) is 0 Å². The van der Waals surface area contributed by atoms with Gasteiger partial charge >= 0.3 is 0 Å². The van der Waals surface area contributed by atoms with Crippen LogP contribution in [0.2, 0.25) is 0 Å². The Balaban J connectivity index is 1.84. The van der Waals surface area contributed by atoms with Crippen LogP contribution in [0.5, 0.6) is 5.75 Å². The fourth-order valence-corrected chi connectivity index (χ4v) is 3.59. The van der Waals surface area contributed by atoms with Gasteiger partial charge in [-0.3, -0.25) is 14.9 Å². The lowest BCUT2D eigenvalue weighted by Crippen LogP contribution is -2.13. The lowest BCUT2D eigenvalue weighted by atomic mass is 10.1. The molecule has 29 heavy (non-hydrogen) atoms. The van der Waals surface area contributed by atoms with Crippen LogP contribution >= 0.6 is 11.3 Å². The van der Waals surface area contributed by atoms with E-state index >= 15 is 0 Å². The molecule has 0 fully saturated rings. The maximum absolute atomic E-state index is 12.4. The quantitative estimate of drug-likeness (QED) is 0.272. The van der Waals surface area contributed by atoms with E-state index in [4.69, 9.17) is 4.74 Å². The molecule has 3 aromatic rings. The summed E-state index contributed by atoms with van der Waals surface area (Å²) < 4.78 is 5.11. The molecule has 1 aromatic heterocycles. The summed E-state index contributed by atoms with van der Waals surface area (Å²) in [5, 5.41) is 23.3. The van der Waals surface area contributed by atoms with E-state index in [9.17, 15) is 20.2 Å². The summed E-state index contributed by atoms with van der Waals surface area (Å²) in [5.41, 5.74) is 0.911. The minimum Gasteiger partial charge on any atom is -0.497 e. The van der Waals surface area contributed by atoms with Crippen LogP contribution in [0.1, 0.15) is 4.88 Å². The number of amides is 1. The highest BCUT2D eigenvalue weighted by Gasteiger charge is 2.16. The number of methoxy groups -OCH3 is 1. The van der Waals surface area contributed by atoms with Crippen molar-refractivity contribution in [3.05, 3.63) is 81.2 Å². The van der Waals surface area contributed by atoms with Gasteiger partial charge in [0.15, 0.2) is 0 Å². The van der Waals surface area contributed by atoms with Gasteiger partial charge in [-0.2, -0.15) is 5.26 Å². The highest BCUT2D eigenvalue weighted by molar-refractivity contribution is 7.16. The Kier molecular flexibility index (Phi) is 6.02. The zero-order valence-electron chi connectivity index (χ0n) is 15.3. The first-order valence-electron chi connectivity index (χ1n) is 8.42. The van der Waals surface area contributed by atoms with Crippen LogP contribution < -0.4 is 10.1 Å². The molecule has 0 saturated heterocycles. The zero-order valence-corrected chi connectivity index (χ0v) is 16.1. The number of nitrogens with zero attached hydrogens (tertiary/aromatic N) is 2. The maximum atomic E-state index is 12.4. The van der Waals surface area contributed by atoms with Gasteiger partial charge in [-0.15, -0.1) is 11.3 Å². The zero-order chi connectivity index (χ0) is 20.8. The van der Waals surface area contributed by atoms with Crippen LogP contribution in [-0.2, 0) is 4.79 Å². The number of hydrogen-bond acceptors (Lipinski definition) is 6. The average Bonchev–Trinajstić information content (AvgIpc) is 3.20. The summed E-state index contributed by atoms with van der Waals surface area (Å²) in [4.78, 5) is 24.5. The van der Waals surface area contributed by atoms with E-state index in [2.05, 4.69) is 5.32 Å². The van der Waals surface area contributed by atoms with Gasteiger partial charge in [-0.05, 0) is 36.4 Å². The van der Waals surface area contributed by atoms with Gasteiger partial charge in [0.05, 0.1) is 17.6 Å². The standard InChI is InChI=1S/C21H15N3O4S/c1-28-16-6-4-5-15(12-16)23-21(25)14(13-22)11-17-9-10-20(29-17)18-7-2-3-8-19(18)24(26)27/h2-12H,1H3,(H,23,25)/b14-11+. The van der Waals surface area contributed by atoms with Crippen LogP contribution in [0.4, 0.5) is 11.4 Å². The van der Waals surface area contributed by atoms with Crippen molar-refractivity contribution < 1.29 is 14.5 Å². The summed E-state index contributed by atoms with van der Waals surface area (Å²) in [6.07, 6.45) is 1.46. The number of carbonyl (C=O) groups excluding carboxylic acids is 1. The fraction of sp³-hybridized carbons (Fsp3) is 0.0476. The van der Waals surface area contributed by atoms with Crippen molar-refractivity contribution in [2.75, 3.05) is 12.4 Å². The number of carbonyl (C=O) groups is 1. The molecular formula is C21H15N3O4S. The summed E-state index contributed by atoms with van der Waals surface area (Å²) in [5.74, 6) is 0.0269. The molecule has 1 N–H and O–H groups in total. The Hall–Kier alpha value is -3.96. The number of benzene rings is 2. The molecule has 1 amide bonds. The summed E-state index contributed by atoms with van der Waals surface area (Å²) in [6, 6.07) is 18.6. The number of anilines is 1. The van der Waals surface area contributed by atoms with E-state index < -0.39 is 10.8 Å². The van der Waals surface area contributed by atoms with Gasteiger partial charge in [0.2, 0.25) is 0 Å².